The predicted octanol–water partition coefficient (Wildman–Crippen LogP) is 0.516. The number of hydrogen-bond acceptors (Lipinski definition) is 4. The van der Waals surface area contributed by atoms with E-state index in [4.69, 9.17) is 11.5 Å². The number of benzene rings is 1. The third-order valence-corrected chi connectivity index (χ3v) is 1.94. The average Bonchev–Trinajstić information content (AvgIpc) is 2.56. The molecule has 0 aliphatic carbocycles. The van der Waals surface area contributed by atoms with Gasteiger partial charge in [0.05, 0.1) is 11.0 Å². The van der Waals surface area contributed by atoms with Crippen LogP contribution in [0.3, 0.4) is 0 Å². The number of rotatable bonds is 3. The first kappa shape index (κ1) is 8.83. The number of H-pyrrole nitrogens is 1. The highest BCUT2D eigenvalue weighted by atomic mass is 15.1. The van der Waals surface area contributed by atoms with Crippen LogP contribution >= 0.6 is 0 Å². The van der Waals surface area contributed by atoms with Gasteiger partial charge in [-0.1, -0.05) is 0 Å². The predicted molar refractivity (Wildman–Crippen MR) is 58.1 cm³/mol. The van der Waals surface area contributed by atoms with Crippen LogP contribution in [0.4, 0.5) is 11.6 Å². The number of aromatic nitrogens is 2. The number of imidazole rings is 1. The van der Waals surface area contributed by atoms with Crippen LogP contribution in [-0.2, 0) is 0 Å². The largest absolute Gasteiger partial charge is 0.399 e. The third kappa shape index (κ3) is 1.62. The molecule has 0 atom stereocenters. The van der Waals surface area contributed by atoms with Gasteiger partial charge in [0.1, 0.15) is 0 Å². The first-order chi connectivity index (χ1) is 6.79. The second-order valence-corrected chi connectivity index (χ2v) is 3.08. The van der Waals surface area contributed by atoms with Crippen molar-refractivity contribution in [2.24, 2.45) is 5.73 Å². The Morgan fingerprint density at radius 3 is 3.07 bits per heavy atom. The zero-order valence-corrected chi connectivity index (χ0v) is 7.75. The molecule has 0 aliphatic heterocycles. The Kier molecular flexibility index (Phi) is 2.24. The number of nitrogens with two attached hydrogens (primary N) is 2. The number of nitrogen functional groups attached to an aromatic ring is 1. The molecular formula is C9H13N5. The Hall–Kier alpha value is -1.75. The second kappa shape index (κ2) is 3.55. The molecule has 14 heavy (non-hydrogen) atoms. The Labute approximate surface area is 81.5 Å². The van der Waals surface area contributed by atoms with Crippen LogP contribution in [0, 0.1) is 0 Å². The van der Waals surface area contributed by atoms with Crippen molar-refractivity contribution < 1.29 is 0 Å². The Morgan fingerprint density at radius 1 is 1.43 bits per heavy atom. The first-order valence-electron chi connectivity index (χ1n) is 4.49. The van der Waals surface area contributed by atoms with Gasteiger partial charge in [-0.2, -0.15) is 0 Å². The molecule has 5 heteroatoms. The van der Waals surface area contributed by atoms with Gasteiger partial charge in [0.25, 0.3) is 0 Å². The van der Waals surface area contributed by atoms with Crippen molar-refractivity contribution in [3.05, 3.63) is 18.2 Å². The molecule has 74 valence electrons. The van der Waals surface area contributed by atoms with Gasteiger partial charge in [0.15, 0.2) is 0 Å². The van der Waals surface area contributed by atoms with Crippen LogP contribution in [0.1, 0.15) is 0 Å². The van der Waals surface area contributed by atoms with Gasteiger partial charge in [-0.05, 0) is 18.2 Å². The molecule has 0 amide bonds. The van der Waals surface area contributed by atoms with E-state index in [1.807, 2.05) is 18.2 Å². The molecule has 5 nitrogen and oxygen atoms in total. The van der Waals surface area contributed by atoms with E-state index in [9.17, 15) is 0 Å². The lowest BCUT2D eigenvalue weighted by molar-refractivity contribution is 1.00. The van der Waals surface area contributed by atoms with Gasteiger partial charge in [-0.25, -0.2) is 4.98 Å². The van der Waals surface area contributed by atoms with Crippen LogP contribution in [-0.4, -0.2) is 23.1 Å². The molecule has 0 bridgehead atoms. The molecule has 0 saturated carbocycles. The molecule has 0 spiro atoms. The van der Waals surface area contributed by atoms with E-state index in [0.717, 1.165) is 22.7 Å². The number of nitrogens with one attached hydrogen (secondary N) is 2. The Morgan fingerprint density at radius 2 is 2.29 bits per heavy atom. The third-order valence-electron chi connectivity index (χ3n) is 1.94. The van der Waals surface area contributed by atoms with Crippen molar-refractivity contribution in [3.63, 3.8) is 0 Å². The molecule has 1 aromatic heterocycles. The number of nitrogens with zero attached hydrogens (tertiary/aromatic N) is 1. The normalized spacial score (nSPS) is 10.6. The smallest absolute Gasteiger partial charge is 0.201 e. The lowest BCUT2D eigenvalue weighted by Crippen LogP contribution is -2.13. The summed E-state index contributed by atoms with van der Waals surface area (Å²) in [6, 6.07) is 5.57. The standard InChI is InChI=1S/C9H13N5/c10-3-4-12-9-13-7-2-1-6(11)5-8(7)14-9/h1-2,5H,3-4,10-11H2,(H2,12,13,14). The fourth-order valence-electron chi connectivity index (χ4n) is 1.30. The van der Waals surface area contributed by atoms with Gasteiger partial charge < -0.3 is 21.8 Å². The van der Waals surface area contributed by atoms with E-state index < -0.39 is 0 Å². The minimum Gasteiger partial charge on any atom is -0.399 e. The quantitative estimate of drug-likeness (QED) is 0.532. The lowest BCUT2D eigenvalue weighted by atomic mass is 10.3. The molecule has 2 rings (SSSR count). The van der Waals surface area contributed by atoms with Crippen LogP contribution in [0.2, 0.25) is 0 Å². The fourth-order valence-corrected chi connectivity index (χ4v) is 1.30. The maximum Gasteiger partial charge on any atom is 0.201 e. The maximum atomic E-state index is 5.65. The molecule has 0 unspecified atom stereocenters. The summed E-state index contributed by atoms with van der Waals surface area (Å²) in [6.45, 7) is 1.29. The SMILES string of the molecule is NCCNc1nc2ccc(N)cc2[nH]1. The number of fused-ring (bicyclic) bond motifs is 1. The summed E-state index contributed by atoms with van der Waals surface area (Å²) in [7, 11) is 0. The summed E-state index contributed by atoms with van der Waals surface area (Å²) in [4.78, 5) is 7.43. The molecule has 6 N–H and O–H groups in total. The summed E-state index contributed by atoms with van der Waals surface area (Å²) >= 11 is 0. The number of anilines is 2. The molecule has 0 saturated heterocycles. The van der Waals surface area contributed by atoms with Crippen LogP contribution in [0.5, 0.6) is 0 Å². The first-order valence-corrected chi connectivity index (χ1v) is 4.49. The van der Waals surface area contributed by atoms with Gasteiger partial charge >= 0.3 is 0 Å². The zero-order chi connectivity index (χ0) is 9.97. The van der Waals surface area contributed by atoms with Crippen LogP contribution in [0.15, 0.2) is 18.2 Å². The highest BCUT2D eigenvalue weighted by molar-refractivity contribution is 5.80. The zero-order valence-electron chi connectivity index (χ0n) is 7.75. The monoisotopic (exact) mass is 191 g/mol. The van der Waals surface area contributed by atoms with Gasteiger partial charge in [0.2, 0.25) is 5.95 Å². The maximum absolute atomic E-state index is 5.65. The molecule has 0 aliphatic rings. The number of aromatic amines is 1. The lowest BCUT2D eigenvalue weighted by Gasteiger charge is -1.96. The van der Waals surface area contributed by atoms with E-state index in [2.05, 4.69) is 15.3 Å². The van der Waals surface area contributed by atoms with Crippen molar-refractivity contribution in [2.75, 3.05) is 24.1 Å². The van der Waals surface area contributed by atoms with E-state index in [1.54, 1.807) is 0 Å². The van der Waals surface area contributed by atoms with E-state index >= 15 is 0 Å². The van der Waals surface area contributed by atoms with Gasteiger partial charge in [-0.15, -0.1) is 0 Å². The summed E-state index contributed by atoms with van der Waals surface area (Å²) in [5, 5.41) is 3.07. The van der Waals surface area contributed by atoms with Gasteiger partial charge in [-0.3, -0.25) is 0 Å². The minimum atomic E-state index is 0.583. The highest BCUT2D eigenvalue weighted by Crippen LogP contribution is 2.16. The Balaban J connectivity index is 2.32. The van der Waals surface area contributed by atoms with Gasteiger partial charge in [0, 0.05) is 18.8 Å². The molecular weight excluding hydrogens is 178 g/mol. The van der Waals surface area contributed by atoms with Crippen molar-refractivity contribution in [2.45, 2.75) is 0 Å². The molecule has 0 radical (unpaired) electrons. The molecule has 1 aromatic carbocycles. The summed E-state index contributed by atoms with van der Waals surface area (Å²) < 4.78 is 0. The molecule has 0 fully saturated rings. The molecule has 2 aromatic rings. The molecule has 1 heterocycles. The van der Waals surface area contributed by atoms with Crippen molar-refractivity contribution in [3.8, 4) is 0 Å². The average molecular weight is 191 g/mol. The fraction of sp³-hybridized carbons (Fsp3) is 0.222. The van der Waals surface area contributed by atoms with Crippen LogP contribution in [0.25, 0.3) is 11.0 Å². The minimum absolute atomic E-state index is 0.583. The van der Waals surface area contributed by atoms with Crippen molar-refractivity contribution in [1.82, 2.24) is 9.97 Å². The van der Waals surface area contributed by atoms with E-state index in [0.29, 0.717) is 13.1 Å². The number of hydrogen-bond donors (Lipinski definition) is 4. The van der Waals surface area contributed by atoms with Crippen molar-refractivity contribution >= 4 is 22.7 Å². The highest BCUT2D eigenvalue weighted by Gasteiger charge is 2.01. The second-order valence-electron chi connectivity index (χ2n) is 3.08. The van der Waals surface area contributed by atoms with E-state index in [1.165, 1.54) is 0 Å². The summed E-state index contributed by atoms with van der Waals surface area (Å²) in [5.74, 6) is 0.732. The Bertz CT molecular complexity index is 434. The van der Waals surface area contributed by atoms with Crippen molar-refractivity contribution in [1.29, 1.82) is 0 Å². The summed E-state index contributed by atoms with van der Waals surface area (Å²) in [5.41, 5.74) is 13.6. The van der Waals surface area contributed by atoms with E-state index in [-0.39, 0.29) is 0 Å². The summed E-state index contributed by atoms with van der Waals surface area (Å²) in [6.07, 6.45) is 0. The topological polar surface area (TPSA) is 92.8 Å². The van der Waals surface area contributed by atoms with Crippen LogP contribution < -0.4 is 16.8 Å².